The van der Waals surface area contributed by atoms with Crippen LogP contribution >= 0.6 is 0 Å². The number of aryl methyl sites for hydroxylation is 1. The average molecular weight is 228 g/mol. The van der Waals surface area contributed by atoms with Gasteiger partial charge in [-0.1, -0.05) is 50.6 Å². The highest BCUT2D eigenvalue weighted by Crippen LogP contribution is 2.29. The van der Waals surface area contributed by atoms with E-state index in [2.05, 4.69) is 37.4 Å². The van der Waals surface area contributed by atoms with Gasteiger partial charge < -0.3 is 4.74 Å². The Balaban J connectivity index is 2.01. The van der Waals surface area contributed by atoms with E-state index < -0.39 is 0 Å². The molecule has 0 fully saturated rings. The van der Waals surface area contributed by atoms with Crippen molar-refractivity contribution in [2.45, 2.75) is 45.6 Å². The van der Waals surface area contributed by atoms with Crippen molar-refractivity contribution in [1.82, 2.24) is 0 Å². The highest BCUT2D eigenvalue weighted by Gasteiger charge is 2.16. The maximum absolute atomic E-state index is 5.51. The molecule has 1 heterocycles. The van der Waals surface area contributed by atoms with E-state index in [4.69, 9.17) is 4.74 Å². The van der Waals surface area contributed by atoms with Gasteiger partial charge in [0.05, 0.1) is 0 Å². The lowest BCUT2D eigenvalue weighted by Crippen LogP contribution is -1.89. The van der Waals surface area contributed by atoms with Gasteiger partial charge in [-0.25, -0.2) is 0 Å². The minimum absolute atomic E-state index is 0.677. The van der Waals surface area contributed by atoms with E-state index in [1.54, 1.807) is 0 Å². The zero-order valence-corrected chi connectivity index (χ0v) is 10.6. The largest absolute Gasteiger partial charge is 0.481 e. The molecule has 0 atom stereocenters. The van der Waals surface area contributed by atoms with E-state index in [0.29, 0.717) is 6.61 Å². The van der Waals surface area contributed by atoms with Crippen molar-refractivity contribution in [3.8, 4) is 0 Å². The second kappa shape index (κ2) is 5.75. The number of unbranched alkanes of at least 4 members (excludes halogenated alkanes) is 3. The molecule has 0 amide bonds. The average Bonchev–Trinajstić information content (AvgIpc) is 2.77. The van der Waals surface area contributed by atoms with Gasteiger partial charge in [0, 0.05) is 11.1 Å². The van der Waals surface area contributed by atoms with Crippen LogP contribution in [0.2, 0.25) is 0 Å². The summed E-state index contributed by atoms with van der Waals surface area (Å²) < 4.78 is 5.51. The zero-order chi connectivity index (χ0) is 12.1. The van der Waals surface area contributed by atoms with Crippen LogP contribution in [0.15, 0.2) is 30.5 Å². The van der Waals surface area contributed by atoms with E-state index in [-0.39, 0.29) is 0 Å². The molecule has 1 aromatic rings. The van der Waals surface area contributed by atoms with Crippen molar-refractivity contribution in [2.75, 3.05) is 0 Å². The predicted octanol–water partition coefficient (Wildman–Crippen LogP) is 4.47. The Morgan fingerprint density at radius 2 is 2.18 bits per heavy atom. The molecule has 0 radical (unpaired) electrons. The van der Waals surface area contributed by atoms with Gasteiger partial charge >= 0.3 is 0 Å². The Kier molecular flexibility index (Phi) is 4.06. The van der Waals surface area contributed by atoms with Crippen LogP contribution in [-0.2, 0) is 17.8 Å². The summed E-state index contributed by atoms with van der Waals surface area (Å²) in [5.74, 6) is 0.803. The van der Waals surface area contributed by atoms with E-state index in [9.17, 15) is 0 Å². The van der Waals surface area contributed by atoms with Crippen LogP contribution in [-0.4, -0.2) is 0 Å². The SMILES string of the molecule is C=C=C1OCc2cc(CCCCCC)ccc21. The van der Waals surface area contributed by atoms with Crippen molar-refractivity contribution in [1.29, 1.82) is 0 Å². The van der Waals surface area contributed by atoms with Crippen LogP contribution in [0.5, 0.6) is 0 Å². The van der Waals surface area contributed by atoms with Gasteiger partial charge in [0.2, 0.25) is 0 Å². The molecule has 0 bridgehead atoms. The molecule has 0 aliphatic carbocycles. The van der Waals surface area contributed by atoms with Gasteiger partial charge in [0.25, 0.3) is 0 Å². The topological polar surface area (TPSA) is 9.23 Å². The second-order valence-electron chi connectivity index (χ2n) is 4.60. The molecule has 0 saturated carbocycles. The van der Waals surface area contributed by atoms with Crippen LogP contribution in [0.4, 0.5) is 0 Å². The van der Waals surface area contributed by atoms with Crippen LogP contribution in [0.25, 0.3) is 5.76 Å². The number of hydrogen-bond donors (Lipinski definition) is 0. The summed E-state index contributed by atoms with van der Waals surface area (Å²) in [4.78, 5) is 0. The van der Waals surface area contributed by atoms with E-state index >= 15 is 0 Å². The molecular formula is C16H20O. The second-order valence-corrected chi connectivity index (χ2v) is 4.60. The summed E-state index contributed by atoms with van der Waals surface area (Å²) in [6.07, 6.45) is 6.45. The van der Waals surface area contributed by atoms with Gasteiger partial charge in [-0.3, -0.25) is 0 Å². The molecule has 1 aromatic carbocycles. The summed E-state index contributed by atoms with van der Waals surface area (Å²) in [6, 6.07) is 6.62. The summed E-state index contributed by atoms with van der Waals surface area (Å²) >= 11 is 0. The van der Waals surface area contributed by atoms with Gasteiger partial charge in [0.1, 0.15) is 6.61 Å². The first kappa shape index (κ1) is 12.0. The van der Waals surface area contributed by atoms with Gasteiger partial charge in [0.15, 0.2) is 5.76 Å². The Morgan fingerprint density at radius 3 is 2.94 bits per heavy atom. The van der Waals surface area contributed by atoms with Crippen molar-refractivity contribution in [3.63, 3.8) is 0 Å². The normalized spacial score (nSPS) is 13.1. The standard InChI is InChI=1S/C16H20O/c1-3-5-6-7-8-13-9-10-15-14(11-13)12-17-16(15)4-2/h9-11H,2-3,5-8,12H2,1H3. The van der Waals surface area contributed by atoms with Crippen molar-refractivity contribution >= 4 is 5.76 Å². The van der Waals surface area contributed by atoms with E-state index in [1.165, 1.54) is 43.2 Å². The lowest BCUT2D eigenvalue weighted by atomic mass is 10.0. The third-order valence-corrected chi connectivity index (χ3v) is 3.27. The summed E-state index contributed by atoms with van der Waals surface area (Å²) in [6.45, 7) is 6.57. The summed E-state index contributed by atoms with van der Waals surface area (Å²) in [5.41, 5.74) is 6.71. The first-order chi connectivity index (χ1) is 8.35. The van der Waals surface area contributed by atoms with Crippen LogP contribution in [0.3, 0.4) is 0 Å². The zero-order valence-electron chi connectivity index (χ0n) is 10.6. The Morgan fingerprint density at radius 1 is 1.29 bits per heavy atom. The molecule has 0 spiro atoms. The van der Waals surface area contributed by atoms with Gasteiger partial charge in [-0.2, -0.15) is 0 Å². The van der Waals surface area contributed by atoms with Crippen molar-refractivity contribution in [3.05, 3.63) is 47.2 Å². The molecule has 1 aliphatic heterocycles. The number of fused-ring (bicyclic) bond motifs is 1. The maximum atomic E-state index is 5.51. The lowest BCUT2D eigenvalue weighted by Gasteiger charge is -2.03. The van der Waals surface area contributed by atoms with Crippen LogP contribution in [0.1, 0.15) is 49.3 Å². The molecule has 17 heavy (non-hydrogen) atoms. The molecule has 0 unspecified atom stereocenters. The fraction of sp³-hybridized carbons (Fsp3) is 0.438. The quantitative estimate of drug-likeness (QED) is 0.534. The minimum atomic E-state index is 0.677. The first-order valence-electron chi connectivity index (χ1n) is 6.50. The molecule has 1 aliphatic rings. The van der Waals surface area contributed by atoms with Gasteiger partial charge in [-0.15, -0.1) is 0 Å². The third-order valence-electron chi connectivity index (χ3n) is 3.27. The molecule has 90 valence electrons. The molecule has 0 aromatic heterocycles. The van der Waals surface area contributed by atoms with Crippen LogP contribution < -0.4 is 0 Å². The van der Waals surface area contributed by atoms with Crippen LogP contribution in [0, 0.1) is 0 Å². The van der Waals surface area contributed by atoms with Crippen molar-refractivity contribution < 1.29 is 4.74 Å². The predicted molar refractivity (Wildman–Crippen MR) is 71.6 cm³/mol. The Bertz CT molecular complexity index is 439. The maximum Gasteiger partial charge on any atom is 0.169 e. The molecular weight excluding hydrogens is 208 g/mol. The number of ether oxygens (including phenoxy) is 1. The molecule has 2 rings (SSSR count). The number of rotatable bonds is 5. The highest BCUT2D eigenvalue weighted by molar-refractivity contribution is 5.65. The fourth-order valence-electron chi connectivity index (χ4n) is 2.27. The Labute approximate surface area is 104 Å². The lowest BCUT2D eigenvalue weighted by molar-refractivity contribution is 0.286. The smallest absolute Gasteiger partial charge is 0.169 e. The molecule has 1 nitrogen and oxygen atoms in total. The molecule has 1 heteroatoms. The fourth-order valence-corrected chi connectivity index (χ4v) is 2.27. The highest BCUT2D eigenvalue weighted by atomic mass is 16.5. The number of hydrogen-bond acceptors (Lipinski definition) is 1. The van der Waals surface area contributed by atoms with Crippen molar-refractivity contribution in [2.24, 2.45) is 0 Å². The minimum Gasteiger partial charge on any atom is -0.481 e. The Hall–Kier alpha value is -1.46. The third kappa shape index (κ3) is 2.81. The van der Waals surface area contributed by atoms with E-state index in [0.717, 1.165) is 11.3 Å². The first-order valence-corrected chi connectivity index (χ1v) is 6.50. The summed E-state index contributed by atoms with van der Waals surface area (Å²) in [7, 11) is 0. The molecule has 0 saturated heterocycles. The number of benzene rings is 1. The van der Waals surface area contributed by atoms with E-state index in [1.807, 2.05) is 0 Å². The monoisotopic (exact) mass is 228 g/mol. The van der Waals surface area contributed by atoms with Gasteiger partial charge in [-0.05, 0) is 24.5 Å². The summed E-state index contributed by atoms with van der Waals surface area (Å²) in [5, 5.41) is 0. The molecule has 0 N–H and O–H groups in total.